The molecular formula is C23H22N6O2. The second-order valence-corrected chi connectivity index (χ2v) is 7.66. The van der Waals surface area contributed by atoms with Gasteiger partial charge in [-0.15, -0.1) is 0 Å². The zero-order chi connectivity index (χ0) is 22.0. The number of pyridine rings is 3. The fourth-order valence-electron chi connectivity index (χ4n) is 3.09. The van der Waals surface area contributed by atoms with E-state index in [1.165, 1.54) is 0 Å². The van der Waals surface area contributed by atoms with Crippen LogP contribution in [0, 0.1) is 0 Å². The van der Waals surface area contributed by atoms with Crippen molar-refractivity contribution in [1.82, 2.24) is 24.7 Å². The number of carbonyl (C=O) groups is 1. The highest BCUT2D eigenvalue weighted by molar-refractivity contribution is 6.04. The van der Waals surface area contributed by atoms with Crippen molar-refractivity contribution >= 4 is 11.6 Å². The van der Waals surface area contributed by atoms with Gasteiger partial charge in [-0.25, -0.2) is 4.98 Å². The van der Waals surface area contributed by atoms with E-state index in [0.717, 1.165) is 0 Å². The van der Waals surface area contributed by atoms with Crippen LogP contribution in [0.5, 0.6) is 0 Å². The van der Waals surface area contributed by atoms with Gasteiger partial charge in [0, 0.05) is 43.0 Å². The standard InChI is InChI=1S/C23H22N6O2/c1-23(2,31)16-11-15(12-24-13-16)17-8-6-9-19(26-17)22(30)27-20-14-29(3)28-21(20)18-7-4-5-10-25-18/h4-14,31H,1-3H3,(H,27,30). The number of rotatable bonds is 5. The van der Waals surface area contributed by atoms with Crippen LogP contribution in [0.15, 0.2) is 67.3 Å². The van der Waals surface area contributed by atoms with Crippen LogP contribution in [0.4, 0.5) is 5.69 Å². The predicted octanol–water partition coefficient (Wildman–Crippen LogP) is 3.42. The molecule has 1 amide bonds. The fourth-order valence-corrected chi connectivity index (χ4v) is 3.09. The molecule has 0 bridgehead atoms. The van der Waals surface area contributed by atoms with Crippen molar-refractivity contribution in [2.75, 3.05) is 5.32 Å². The fraction of sp³-hybridized carbons (Fsp3) is 0.174. The lowest BCUT2D eigenvalue weighted by atomic mass is 9.98. The topological polar surface area (TPSA) is 106 Å². The first-order valence-corrected chi connectivity index (χ1v) is 9.73. The maximum atomic E-state index is 12.9. The molecule has 2 N–H and O–H groups in total. The summed E-state index contributed by atoms with van der Waals surface area (Å²) in [5.74, 6) is -0.362. The Hall–Kier alpha value is -3.91. The Labute approximate surface area is 179 Å². The van der Waals surface area contributed by atoms with Gasteiger partial charge in [-0.1, -0.05) is 12.1 Å². The minimum atomic E-state index is -1.03. The van der Waals surface area contributed by atoms with Gasteiger partial charge in [0.25, 0.3) is 5.91 Å². The van der Waals surface area contributed by atoms with Crippen molar-refractivity contribution < 1.29 is 9.90 Å². The Morgan fingerprint density at radius 1 is 1.10 bits per heavy atom. The highest BCUT2D eigenvalue weighted by atomic mass is 16.3. The van der Waals surface area contributed by atoms with E-state index >= 15 is 0 Å². The molecule has 156 valence electrons. The third-order valence-corrected chi connectivity index (χ3v) is 4.71. The molecule has 0 aliphatic heterocycles. The highest BCUT2D eigenvalue weighted by Crippen LogP contribution is 2.26. The summed E-state index contributed by atoms with van der Waals surface area (Å²) in [5, 5.41) is 17.5. The summed E-state index contributed by atoms with van der Waals surface area (Å²) in [7, 11) is 1.78. The Kier molecular flexibility index (Phi) is 5.31. The molecule has 4 aromatic rings. The lowest BCUT2D eigenvalue weighted by Gasteiger charge is -2.17. The van der Waals surface area contributed by atoms with Crippen molar-refractivity contribution in [3.8, 4) is 22.6 Å². The molecular weight excluding hydrogens is 392 g/mol. The minimum absolute atomic E-state index is 0.252. The van der Waals surface area contributed by atoms with Gasteiger partial charge in [-0.2, -0.15) is 5.10 Å². The largest absolute Gasteiger partial charge is 0.386 e. The summed E-state index contributed by atoms with van der Waals surface area (Å²) in [6, 6.07) is 12.5. The van der Waals surface area contributed by atoms with Gasteiger partial charge in [-0.3, -0.25) is 19.4 Å². The van der Waals surface area contributed by atoms with E-state index in [2.05, 4.69) is 25.4 Å². The SMILES string of the molecule is Cn1cc(NC(=O)c2cccc(-c3cncc(C(C)(C)O)c3)n2)c(-c2ccccn2)n1. The summed E-state index contributed by atoms with van der Waals surface area (Å²) < 4.78 is 1.62. The normalized spacial score (nSPS) is 11.4. The number of nitrogens with one attached hydrogen (secondary N) is 1. The number of nitrogens with zero attached hydrogens (tertiary/aromatic N) is 5. The average Bonchev–Trinajstić information content (AvgIpc) is 3.14. The van der Waals surface area contributed by atoms with Crippen LogP contribution in [0.3, 0.4) is 0 Å². The van der Waals surface area contributed by atoms with Crippen molar-refractivity contribution in [2.24, 2.45) is 7.05 Å². The van der Waals surface area contributed by atoms with E-state index in [4.69, 9.17) is 0 Å². The van der Waals surface area contributed by atoms with Crippen LogP contribution < -0.4 is 5.32 Å². The molecule has 0 fully saturated rings. The summed E-state index contributed by atoms with van der Waals surface area (Å²) in [5.41, 5.74) is 2.97. The molecule has 8 heteroatoms. The summed E-state index contributed by atoms with van der Waals surface area (Å²) in [4.78, 5) is 25.9. The first kappa shape index (κ1) is 20.4. The van der Waals surface area contributed by atoms with Crippen LogP contribution >= 0.6 is 0 Å². The van der Waals surface area contributed by atoms with Crippen molar-refractivity contribution in [2.45, 2.75) is 19.4 Å². The maximum Gasteiger partial charge on any atom is 0.274 e. The molecule has 0 atom stereocenters. The molecule has 0 saturated heterocycles. The van der Waals surface area contributed by atoms with Gasteiger partial charge in [0.1, 0.15) is 11.4 Å². The predicted molar refractivity (Wildman–Crippen MR) is 117 cm³/mol. The number of hydrogen-bond donors (Lipinski definition) is 2. The van der Waals surface area contributed by atoms with Gasteiger partial charge < -0.3 is 10.4 Å². The second kappa shape index (κ2) is 8.08. The molecule has 4 heterocycles. The van der Waals surface area contributed by atoms with E-state index < -0.39 is 5.60 Å². The first-order valence-electron chi connectivity index (χ1n) is 9.73. The first-order chi connectivity index (χ1) is 14.8. The van der Waals surface area contributed by atoms with E-state index in [-0.39, 0.29) is 11.6 Å². The lowest BCUT2D eigenvalue weighted by molar-refractivity contribution is 0.0782. The van der Waals surface area contributed by atoms with Gasteiger partial charge in [0.15, 0.2) is 0 Å². The smallest absolute Gasteiger partial charge is 0.274 e. The molecule has 0 spiro atoms. The lowest BCUT2D eigenvalue weighted by Crippen LogP contribution is -2.16. The van der Waals surface area contributed by atoms with E-state index in [0.29, 0.717) is 33.9 Å². The molecule has 0 aromatic carbocycles. The summed E-state index contributed by atoms with van der Waals surface area (Å²) in [6.07, 6.45) is 6.67. The minimum Gasteiger partial charge on any atom is -0.386 e. The van der Waals surface area contributed by atoms with Gasteiger partial charge in [0.2, 0.25) is 0 Å². The molecule has 0 saturated carbocycles. The monoisotopic (exact) mass is 414 g/mol. The molecule has 31 heavy (non-hydrogen) atoms. The third-order valence-electron chi connectivity index (χ3n) is 4.71. The van der Waals surface area contributed by atoms with Crippen LogP contribution in [0.1, 0.15) is 29.9 Å². The molecule has 0 unspecified atom stereocenters. The Balaban J connectivity index is 1.62. The number of anilines is 1. The van der Waals surface area contributed by atoms with Gasteiger partial charge in [-0.05, 0) is 44.2 Å². The van der Waals surface area contributed by atoms with Crippen molar-refractivity contribution in [3.63, 3.8) is 0 Å². The summed E-state index contributed by atoms with van der Waals surface area (Å²) in [6.45, 7) is 3.39. The van der Waals surface area contributed by atoms with Crippen molar-refractivity contribution in [1.29, 1.82) is 0 Å². The molecule has 0 radical (unpaired) electrons. The number of amides is 1. The van der Waals surface area contributed by atoms with Gasteiger partial charge in [0.05, 0.1) is 22.7 Å². The zero-order valence-corrected chi connectivity index (χ0v) is 17.4. The number of aliphatic hydroxyl groups is 1. The Morgan fingerprint density at radius 3 is 2.65 bits per heavy atom. The van der Waals surface area contributed by atoms with Crippen LogP contribution in [0.2, 0.25) is 0 Å². The van der Waals surface area contributed by atoms with Crippen molar-refractivity contribution in [3.05, 3.63) is 78.5 Å². The van der Waals surface area contributed by atoms with Crippen LogP contribution in [-0.2, 0) is 12.6 Å². The summed E-state index contributed by atoms with van der Waals surface area (Å²) >= 11 is 0. The Morgan fingerprint density at radius 2 is 1.90 bits per heavy atom. The number of aromatic nitrogens is 5. The zero-order valence-electron chi connectivity index (χ0n) is 17.4. The van der Waals surface area contributed by atoms with Crippen LogP contribution in [0.25, 0.3) is 22.6 Å². The molecule has 4 rings (SSSR count). The number of hydrogen-bond acceptors (Lipinski definition) is 6. The molecule has 4 aromatic heterocycles. The van der Waals surface area contributed by atoms with E-state index in [1.807, 2.05) is 24.3 Å². The second-order valence-electron chi connectivity index (χ2n) is 7.66. The van der Waals surface area contributed by atoms with Gasteiger partial charge >= 0.3 is 0 Å². The molecule has 8 nitrogen and oxygen atoms in total. The van der Waals surface area contributed by atoms with Crippen LogP contribution in [-0.4, -0.2) is 35.7 Å². The molecule has 0 aliphatic carbocycles. The third kappa shape index (κ3) is 4.49. The quantitative estimate of drug-likeness (QED) is 0.518. The molecule has 0 aliphatic rings. The maximum absolute atomic E-state index is 12.9. The van der Waals surface area contributed by atoms with E-state index in [9.17, 15) is 9.90 Å². The Bertz CT molecular complexity index is 1230. The average molecular weight is 414 g/mol. The van der Waals surface area contributed by atoms with E-state index in [1.54, 1.807) is 68.6 Å². The number of aryl methyl sites for hydroxylation is 1. The highest BCUT2D eigenvalue weighted by Gasteiger charge is 2.19. The number of carbonyl (C=O) groups excluding carboxylic acids is 1.